The van der Waals surface area contributed by atoms with Gasteiger partial charge in [0.25, 0.3) is 5.91 Å². The standard InChI is InChI=1S/C14H21ClN2O2/c1-3-5-10(2)17-13(18)9-19-14-11(8-16)6-4-7-12(14)15/h4,6-7,10H,3,5,8-9,16H2,1-2H3,(H,17,18). The molecule has 0 aliphatic heterocycles. The van der Waals surface area contributed by atoms with Crippen LogP contribution in [0.2, 0.25) is 5.02 Å². The molecule has 3 N–H and O–H groups in total. The topological polar surface area (TPSA) is 64.3 Å². The van der Waals surface area contributed by atoms with Crippen LogP contribution in [0.4, 0.5) is 0 Å². The van der Waals surface area contributed by atoms with E-state index >= 15 is 0 Å². The van der Waals surface area contributed by atoms with E-state index in [1.165, 1.54) is 0 Å². The molecule has 1 atom stereocenters. The molecule has 0 saturated heterocycles. The van der Waals surface area contributed by atoms with Gasteiger partial charge in [-0.25, -0.2) is 0 Å². The maximum absolute atomic E-state index is 11.7. The third-order valence-electron chi connectivity index (χ3n) is 2.75. The highest BCUT2D eigenvalue weighted by Crippen LogP contribution is 2.28. The first-order valence-electron chi connectivity index (χ1n) is 6.48. The van der Waals surface area contributed by atoms with Gasteiger partial charge >= 0.3 is 0 Å². The van der Waals surface area contributed by atoms with Gasteiger partial charge in [0.05, 0.1) is 5.02 Å². The van der Waals surface area contributed by atoms with Crippen molar-refractivity contribution < 1.29 is 9.53 Å². The van der Waals surface area contributed by atoms with Crippen LogP contribution in [0.5, 0.6) is 5.75 Å². The van der Waals surface area contributed by atoms with E-state index in [-0.39, 0.29) is 18.6 Å². The van der Waals surface area contributed by atoms with Crippen LogP contribution in [0.15, 0.2) is 18.2 Å². The van der Waals surface area contributed by atoms with E-state index < -0.39 is 0 Å². The molecule has 5 heteroatoms. The van der Waals surface area contributed by atoms with Crippen molar-refractivity contribution in [2.45, 2.75) is 39.3 Å². The number of nitrogens with two attached hydrogens (primary N) is 1. The van der Waals surface area contributed by atoms with Crippen molar-refractivity contribution in [3.63, 3.8) is 0 Å². The summed E-state index contributed by atoms with van der Waals surface area (Å²) in [4.78, 5) is 11.7. The summed E-state index contributed by atoms with van der Waals surface area (Å²) in [6, 6.07) is 5.51. The molecule has 4 nitrogen and oxygen atoms in total. The minimum atomic E-state index is -0.149. The molecule has 0 bridgehead atoms. The van der Waals surface area contributed by atoms with Gasteiger partial charge in [-0.1, -0.05) is 37.1 Å². The van der Waals surface area contributed by atoms with E-state index in [1.54, 1.807) is 12.1 Å². The van der Waals surface area contributed by atoms with Gasteiger partial charge in [0.15, 0.2) is 6.61 Å². The lowest BCUT2D eigenvalue weighted by Gasteiger charge is -2.15. The van der Waals surface area contributed by atoms with E-state index in [0.29, 0.717) is 17.3 Å². The highest BCUT2D eigenvalue weighted by Gasteiger charge is 2.11. The second kappa shape index (κ2) is 8.02. The van der Waals surface area contributed by atoms with Crippen LogP contribution < -0.4 is 15.8 Å². The number of rotatable bonds is 7. The molecule has 1 aromatic rings. The number of benzene rings is 1. The summed E-state index contributed by atoms with van der Waals surface area (Å²) in [5.41, 5.74) is 6.40. The Morgan fingerprint density at radius 3 is 2.89 bits per heavy atom. The van der Waals surface area contributed by atoms with Crippen molar-refractivity contribution in [2.24, 2.45) is 5.73 Å². The fourth-order valence-electron chi connectivity index (χ4n) is 1.84. The molecule has 0 heterocycles. The first-order chi connectivity index (χ1) is 9.08. The van der Waals surface area contributed by atoms with E-state index in [1.807, 2.05) is 13.0 Å². The van der Waals surface area contributed by atoms with Crippen LogP contribution in [0.1, 0.15) is 32.3 Å². The van der Waals surface area contributed by atoms with E-state index in [9.17, 15) is 4.79 Å². The number of hydrogen-bond donors (Lipinski definition) is 2. The lowest BCUT2D eigenvalue weighted by atomic mass is 10.2. The quantitative estimate of drug-likeness (QED) is 0.808. The number of amides is 1. The molecule has 0 spiro atoms. The van der Waals surface area contributed by atoms with Gasteiger partial charge < -0.3 is 15.8 Å². The summed E-state index contributed by atoms with van der Waals surface area (Å²) in [6.45, 7) is 4.33. The molecule has 0 radical (unpaired) electrons. The predicted molar refractivity (Wildman–Crippen MR) is 77.4 cm³/mol. The predicted octanol–water partition coefficient (Wildman–Crippen LogP) is 2.48. The second-order valence-electron chi connectivity index (χ2n) is 4.48. The second-order valence-corrected chi connectivity index (χ2v) is 4.89. The van der Waals surface area contributed by atoms with E-state index in [2.05, 4.69) is 12.2 Å². The molecular weight excluding hydrogens is 264 g/mol. The summed E-state index contributed by atoms with van der Waals surface area (Å²) in [7, 11) is 0. The minimum Gasteiger partial charge on any atom is -0.482 e. The Morgan fingerprint density at radius 1 is 1.53 bits per heavy atom. The molecule has 0 aliphatic carbocycles. The first-order valence-corrected chi connectivity index (χ1v) is 6.85. The fourth-order valence-corrected chi connectivity index (χ4v) is 2.08. The third-order valence-corrected chi connectivity index (χ3v) is 3.04. The van der Waals surface area contributed by atoms with Gasteiger partial charge in [-0.2, -0.15) is 0 Å². The van der Waals surface area contributed by atoms with Crippen LogP contribution in [-0.4, -0.2) is 18.6 Å². The molecule has 0 fully saturated rings. The van der Waals surface area contributed by atoms with Crippen LogP contribution in [0.3, 0.4) is 0 Å². The van der Waals surface area contributed by atoms with Crippen molar-refractivity contribution in [1.82, 2.24) is 5.32 Å². The molecule has 0 aromatic heterocycles. The number of halogens is 1. The fraction of sp³-hybridized carbons (Fsp3) is 0.500. The first kappa shape index (κ1) is 15.8. The van der Waals surface area contributed by atoms with Gasteiger partial charge in [-0.15, -0.1) is 0 Å². The molecule has 106 valence electrons. The molecule has 0 aliphatic rings. The Labute approximate surface area is 119 Å². The average molecular weight is 285 g/mol. The van der Waals surface area contributed by atoms with Crippen molar-refractivity contribution in [2.75, 3.05) is 6.61 Å². The summed E-state index contributed by atoms with van der Waals surface area (Å²) >= 11 is 6.03. The molecule has 1 rings (SSSR count). The molecule has 19 heavy (non-hydrogen) atoms. The van der Waals surface area contributed by atoms with E-state index in [4.69, 9.17) is 22.1 Å². The maximum Gasteiger partial charge on any atom is 0.258 e. The summed E-state index contributed by atoms with van der Waals surface area (Å²) < 4.78 is 5.48. The van der Waals surface area contributed by atoms with Crippen molar-refractivity contribution in [3.05, 3.63) is 28.8 Å². The molecular formula is C14H21ClN2O2. The number of para-hydroxylation sites is 1. The van der Waals surface area contributed by atoms with E-state index in [0.717, 1.165) is 18.4 Å². The summed E-state index contributed by atoms with van der Waals surface area (Å²) in [5, 5.41) is 3.34. The normalized spacial score (nSPS) is 12.0. The Hall–Kier alpha value is -1.26. The van der Waals surface area contributed by atoms with Gasteiger partial charge in [0, 0.05) is 18.2 Å². The van der Waals surface area contributed by atoms with Crippen LogP contribution in [0, 0.1) is 0 Å². The molecule has 0 saturated carbocycles. The Bertz CT molecular complexity index is 424. The Kier molecular flexibility index (Phi) is 6.67. The van der Waals surface area contributed by atoms with Crippen LogP contribution >= 0.6 is 11.6 Å². The zero-order chi connectivity index (χ0) is 14.3. The van der Waals surface area contributed by atoms with Crippen LogP contribution in [-0.2, 0) is 11.3 Å². The number of nitrogens with one attached hydrogen (secondary N) is 1. The zero-order valence-corrected chi connectivity index (χ0v) is 12.2. The molecule has 1 unspecified atom stereocenters. The van der Waals surface area contributed by atoms with Gasteiger partial charge in [0.2, 0.25) is 0 Å². The highest BCUT2D eigenvalue weighted by molar-refractivity contribution is 6.32. The smallest absolute Gasteiger partial charge is 0.258 e. The Balaban J connectivity index is 2.55. The number of ether oxygens (including phenoxy) is 1. The number of carbonyl (C=O) groups is 1. The Morgan fingerprint density at radius 2 is 2.26 bits per heavy atom. The van der Waals surface area contributed by atoms with Crippen molar-refractivity contribution in [3.8, 4) is 5.75 Å². The zero-order valence-electron chi connectivity index (χ0n) is 11.4. The summed E-state index contributed by atoms with van der Waals surface area (Å²) in [6.07, 6.45) is 1.98. The van der Waals surface area contributed by atoms with Gasteiger partial charge in [-0.05, 0) is 19.4 Å². The minimum absolute atomic E-state index is 0.0508. The third kappa shape index (κ3) is 5.09. The number of carbonyl (C=O) groups excluding carboxylic acids is 1. The van der Waals surface area contributed by atoms with Gasteiger partial charge in [0.1, 0.15) is 5.75 Å². The largest absolute Gasteiger partial charge is 0.482 e. The van der Waals surface area contributed by atoms with Crippen LogP contribution in [0.25, 0.3) is 0 Å². The van der Waals surface area contributed by atoms with Crippen molar-refractivity contribution in [1.29, 1.82) is 0 Å². The maximum atomic E-state index is 11.7. The molecule has 1 amide bonds. The average Bonchev–Trinajstić information content (AvgIpc) is 2.37. The summed E-state index contributed by atoms with van der Waals surface area (Å²) in [5.74, 6) is 0.341. The van der Waals surface area contributed by atoms with Gasteiger partial charge in [-0.3, -0.25) is 4.79 Å². The lowest BCUT2D eigenvalue weighted by Crippen LogP contribution is -2.36. The highest BCUT2D eigenvalue weighted by atomic mass is 35.5. The SMILES string of the molecule is CCCC(C)NC(=O)COc1c(Cl)cccc1CN. The number of hydrogen-bond acceptors (Lipinski definition) is 3. The molecule has 1 aromatic carbocycles. The monoisotopic (exact) mass is 284 g/mol. The van der Waals surface area contributed by atoms with Crippen molar-refractivity contribution >= 4 is 17.5 Å². The lowest BCUT2D eigenvalue weighted by molar-refractivity contribution is -0.123.